The van der Waals surface area contributed by atoms with Crippen molar-refractivity contribution in [2.75, 3.05) is 4.83 Å². The highest BCUT2D eigenvalue weighted by Gasteiger charge is 2.15. The van der Waals surface area contributed by atoms with Crippen LogP contribution in [0.1, 0.15) is 0 Å². The molecule has 0 atom stereocenters. The SMILES string of the molecule is Cl.O=[N+]([O-])c1ccc(S(=O)(=O)Nn2cnnc2)cc1. The van der Waals surface area contributed by atoms with Gasteiger partial charge in [0.05, 0.1) is 9.82 Å². The van der Waals surface area contributed by atoms with Gasteiger partial charge in [-0.25, -0.2) is 9.51 Å². The molecule has 1 N–H and O–H groups in total. The Morgan fingerprint density at radius 1 is 1.16 bits per heavy atom. The van der Waals surface area contributed by atoms with Crippen molar-refractivity contribution in [3.8, 4) is 0 Å². The average molecular weight is 306 g/mol. The van der Waals surface area contributed by atoms with E-state index in [1.54, 1.807) is 0 Å². The molecular formula is C8H8ClN5O4S. The van der Waals surface area contributed by atoms with Crippen molar-refractivity contribution in [3.63, 3.8) is 0 Å². The summed E-state index contributed by atoms with van der Waals surface area (Å²) >= 11 is 0. The van der Waals surface area contributed by atoms with Gasteiger partial charge in [-0.05, 0) is 12.1 Å². The van der Waals surface area contributed by atoms with E-state index in [0.29, 0.717) is 0 Å². The molecule has 11 heteroatoms. The standard InChI is InChI=1S/C8H7N5O4S.ClH/c14-13(15)7-1-3-8(4-2-7)18(16,17)11-12-5-9-10-6-12;/h1-6,11H;1H. The van der Waals surface area contributed by atoms with Crippen molar-refractivity contribution in [3.05, 3.63) is 47.0 Å². The summed E-state index contributed by atoms with van der Waals surface area (Å²) in [5.41, 5.74) is -0.182. The van der Waals surface area contributed by atoms with Crippen LogP contribution in [0.4, 0.5) is 5.69 Å². The van der Waals surface area contributed by atoms with Gasteiger partial charge in [0.25, 0.3) is 15.7 Å². The van der Waals surface area contributed by atoms with Crippen LogP contribution in [0, 0.1) is 10.1 Å². The molecule has 0 spiro atoms. The van der Waals surface area contributed by atoms with Gasteiger partial charge in [-0.3, -0.25) is 10.1 Å². The maximum atomic E-state index is 11.8. The van der Waals surface area contributed by atoms with Gasteiger partial charge < -0.3 is 0 Å². The number of nitrogens with one attached hydrogen (secondary N) is 1. The molecule has 0 aliphatic heterocycles. The average Bonchev–Trinajstić information content (AvgIpc) is 2.81. The second kappa shape index (κ2) is 5.63. The summed E-state index contributed by atoms with van der Waals surface area (Å²) in [6.45, 7) is 0. The fourth-order valence-corrected chi connectivity index (χ4v) is 2.16. The number of nitrogens with zero attached hydrogens (tertiary/aromatic N) is 4. The van der Waals surface area contributed by atoms with Gasteiger partial charge in [0.1, 0.15) is 12.7 Å². The summed E-state index contributed by atoms with van der Waals surface area (Å²) in [6, 6.07) is 4.51. The van der Waals surface area contributed by atoms with Crippen LogP contribution < -0.4 is 4.83 Å². The largest absolute Gasteiger partial charge is 0.275 e. The van der Waals surface area contributed by atoms with Gasteiger partial charge in [0.2, 0.25) is 0 Å². The summed E-state index contributed by atoms with van der Waals surface area (Å²) in [6.07, 6.45) is 2.34. The lowest BCUT2D eigenvalue weighted by atomic mass is 10.3. The summed E-state index contributed by atoms with van der Waals surface area (Å²) < 4.78 is 24.7. The molecule has 1 aromatic carbocycles. The number of halogens is 1. The summed E-state index contributed by atoms with van der Waals surface area (Å²) in [5.74, 6) is 0. The van der Waals surface area contributed by atoms with E-state index in [-0.39, 0.29) is 23.0 Å². The molecule has 0 fully saturated rings. The van der Waals surface area contributed by atoms with Gasteiger partial charge in [-0.2, -0.15) is 8.42 Å². The first-order chi connectivity index (χ1) is 8.49. The monoisotopic (exact) mass is 305 g/mol. The Morgan fingerprint density at radius 3 is 2.16 bits per heavy atom. The normalized spacial score (nSPS) is 10.5. The van der Waals surface area contributed by atoms with Crippen molar-refractivity contribution in [1.82, 2.24) is 14.9 Å². The van der Waals surface area contributed by atoms with Gasteiger partial charge in [-0.15, -0.1) is 22.6 Å². The zero-order chi connectivity index (χ0) is 13.2. The molecule has 9 nitrogen and oxygen atoms in total. The molecule has 0 saturated heterocycles. The van der Waals surface area contributed by atoms with E-state index in [9.17, 15) is 18.5 Å². The maximum absolute atomic E-state index is 11.8. The number of non-ortho nitro benzene ring substituents is 1. The van der Waals surface area contributed by atoms with E-state index in [4.69, 9.17) is 0 Å². The minimum Gasteiger partial charge on any atom is -0.258 e. The number of benzene rings is 1. The lowest BCUT2D eigenvalue weighted by Gasteiger charge is -2.06. The lowest BCUT2D eigenvalue weighted by Crippen LogP contribution is -2.21. The Morgan fingerprint density at radius 2 is 1.68 bits per heavy atom. The second-order valence-corrected chi connectivity index (χ2v) is 4.88. The Labute approximate surface area is 113 Å². The van der Waals surface area contributed by atoms with Crippen molar-refractivity contribution in [2.45, 2.75) is 4.90 Å². The van der Waals surface area contributed by atoms with E-state index >= 15 is 0 Å². The van der Waals surface area contributed by atoms with E-state index in [0.717, 1.165) is 28.9 Å². The summed E-state index contributed by atoms with van der Waals surface area (Å²) in [5, 5.41) is 17.3. The van der Waals surface area contributed by atoms with E-state index in [1.165, 1.54) is 12.7 Å². The number of rotatable bonds is 4. The topological polar surface area (TPSA) is 120 Å². The van der Waals surface area contributed by atoms with Crippen LogP contribution in [0.2, 0.25) is 0 Å². The molecule has 0 saturated carbocycles. The Bertz CT molecular complexity index is 655. The molecule has 0 bridgehead atoms. The first-order valence-corrected chi connectivity index (χ1v) is 6.09. The van der Waals surface area contributed by atoms with Crippen LogP contribution in [0.5, 0.6) is 0 Å². The highest BCUT2D eigenvalue weighted by molar-refractivity contribution is 7.92. The van der Waals surface area contributed by atoms with Gasteiger partial charge in [0, 0.05) is 12.1 Å². The smallest absolute Gasteiger partial charge is 0.258 e. The molecule has 0 amide bonds. The molecule has 19 heavy (non-hydrogen) atoms. The van der Waals surface area contributed by atoms with Crippen molar-refractivity contribution in [1.29, 1.82) is 0 Å². The second-order valence-electron chi connectivity index (χ2n) is 3.21. The quantitative estimate of drug-likeness (QED) is 0.650. The predicted molar refractivity (Wildman–Crippen MR) is 66.9 cm³/mol. The molecule has 0 radical (unpaired) electrons. The first-order valence-electron chi connectivity index (χ1n) is 4.61. The van der Waals surface area contributed by atoms with Crippen LogP contribution >= 0.6 is 12.4 Å². The minimum atomic E-state index is -3.82. The third kappa shape index (κ3) is 3.39. The highest BCUT2D eigenvalue weighted by atomic mass is 35.5. The number of nitro benzene ring substituents is 1. The molecule has 0 aliphatic rings. The fourth-order valence-electron chi connectivity index (χ4n) is 1.19. The van der Waals surface area contributed by atoms with Gasteiger partial charge >= 0.3 is 0 Å². The molecule has 0 unspecified atom stereocenters. The molecule has 102 valence electrons. The fraction of sp³-hybridized carbons (Fsp3) is 0. The molecule has 0 aliphatic carbocycles. The predicted octanol–water partition coefficient (Wildman–Crippen LogP) is 0.540. The Balaban J connectivity index is 0.00000180. The maximum Gasteiger partial charge on any atom is 0.275 e. The zero-order valence-electron chi connectivity index (χ0n) is 9.20. The van der Waals surface area contributed by atoms with Crippen molar-refractivity contribution < 1.29 is 13.3 Å². The summed E-state index contributed by atoms with van der Waals surface area (Å²) in [7, 11) is -3.82. The molecule has 2 aromatic rings. The van der Waals surface area contributed by atoms with E-state index in [2.05, 4.69) is 15.0 Å². The third-order valence-electron chi connectivity index (χ3n) is 2.00. The number of hydrogen-bond donors (Lipinski definition) is 1. The Hall–Kier alpha value is -2.20. The first kappa shape index (κ1) is 14.9. The molecule has 1 heterocycles. The van der Waals surface area contributed by atoms with Crippen LogP contribution in [-0.2, 0) is 10.0 Å². The Kier molecular flexibility index (Phi) is 4.40. The minimum absolute atomic E-state index is 0. The van der Waals surface area contributed by atoms with Crippen LogP contribution in [-0.4, -0.2) is 28.2 Å². The van der Waals surface area contributed by atoms with E-state index < -0.39 is 14.9 Å². The van der Waals surface area contributed by atoms with E-state index in [1.807, 2.05) is 0 Å². The van der Waals surface area contributed by atoms with Crippen LogP contribution in [0.25, 0.3) is 0 Å². The van der Waals surface area contributed by atoms with Crippen molar-refractivity contribution in [2.24, 2.45) is 0 Å². The van der Waals surface area contributed by atoms with Crippen LogP contribution in [0.15, 0.2) is 41.8 Å². The number of hydrogen-bond acceptors (Lipinski definition) is 6. The van der Waals surface area contributed by atoms with Crippen molar-refractivity contribution >= 4 is 28.1 Å². The highest BCUT2D eigenvalue weighted by Crippen LogP contribution is 2.15. The third-order valence-corrected chi connectivity index (χ3v) is 3.35. The zero-order valence-corrected chi connectivity index (χ0v) is 10.8. The van der Waals surface area contributed by atoms with Gasteiger partial charge in [-0.1, -0.05) is 0 Å². The molecule has 2 rings (SSSR count). The number of nitro groups is 1. The summed E-state index contributed by atoms with van der Waals surface area (Å²) in [4.78, 5) is 11.9. The molecular weight excluding hydrogens is 298 g/mol. The van der Waals surface area contributed by atoms with Gasteiger partial charge in [0.15, 0.2) is 0 Å². The number of sulfonamides is 1. The molecule has 1 aromatic heterocycles. The number of aromatic nitrogens is 3. The van der Waals surface area contributed by atoms with Crippen LogP contribution in [0.3, 0.4) is 0 Å². The lowest BCUT2D eigenvalue weighted by molar-refractivity contribution is -0.384.